The van der Waals surface area contributed by atoms with Gasteiger partial charge in [-0.05, 0) is 43.3 Å². The summed E-state index contributed by atoms with van der Waals surface area (Å²) < 4.78 is 11.4. The molecule has 168 valence electrons. The number of para-hydroxylation sites is 2. The zero-order valence-corrected chi connectivity index (χ0v) is 18.9. The molecule has 0 aliphatic rings. The Morgan fingerprint density at radius 1 is 1.09 bits per heavy atom. The monoisotopic (exact) mass is 511 g/mol. The lowest BCUT2D eigenvalue weighted by molar-refractivity contribution is -0.385. The maximum Gasteiger partial charge on any atom is 0.343 e. The number of aryl methyl sites for hydroxylation is 1. The van der Waals surface area contributed by atoms with Gasteiger partial charge in [0.05, 0.1) is 16.7 Å². The highest BCUT2D eigenvalue weighted by Gasteiger charge is 2.15. The van der Waals surface area contributed by atoms with Crippen molar-refractivity contribution in [3.63, 3.8) is 0 Å². The summed E-state index contributed by atoms with van der Waals surface area (Å²) in [5.74, 6) is -0.941. The Morgan fingerprint density at radius 2 is 1.82 bits per heavy atom. The summed E-state index contributed by atoms with van der Waals surface area (Å²) in [5.41, 5.74) is 3.87. The molecule has 1 N–H and O–H groups in total. The van der Waals surface area contributed by atoms with Gasteiger partial charge in [-0.2, -0.15) is 5.10 Å². The number of halogens is 1. The molecule has 0 spiro atoms. The summed E-state index contributed by atoms with van der Waals surface area (Å²) in [6.45, 7) is 1.44. The van der Waals surface area contributed by atoms with Crippen LogP contribution >= 0.6 is 15.9 Å². The number of hydrogen-bond acceptors (Lipinski definition) is 7. The number of nitrogens with one attached hydrogen (secondary N) is 1. The second-order valence-electron chi connectivity index (χ2n) is 6.74. The Hall–Kier alpha value is -4.05. The number of nitro benzene ring substituents is 1. The molecule has 0 radical (unpaired) electrons. The summed E-state index contributed by atoms with van der Waals surface area (Å²) in [4.78, 5) is 34.8. The number of carbonyl (C=O) groups excluding carboxylic acids is 2. The lowest BCUT2D eigenvalue weighted by Crippen LogP contribution is -2.24. The fourth-order valence-electron chi connectivity index (χ4n) is 2.64. The summed E-state index contributed by atoms with van der Waals surface area (Å²) in [6, 6.07) is 17.6. The molecule has 3 aromatic carbocycles. The van der Waals surface area contributed by atoms with Crippen LogP contribution in [0.5, 0.6) is 11.5 Å². The van der Waals surface area contributed by atoms with E-state index in [0.29, 0.717) is 15.6 Å². The number of amides is 1. The summed E-state index contributed by atoms with van der Waals surface area (Å²) >= 11 is 3.34. The fourth-order valence-corrected chi connectivity index (χ4v) is 3.02. The molecule has 1 amide bonds. The van der Waals surface area contributed by atoms with Crippen LogP contribution in [0.1, 0.15) is 21.5 Å². The van der Waals surface area contributed by atoms with Crippen molar-refractivity contribution >= 4 is 39.7 Å². The van der Waals surface area contributed by atoms with Gasteiger partial charge in [0.25, 0.3) is 5.91 Å². The first-order valence-corrected chi connectivity index (χ1v) is 10.4. The molecular formula is C23H18BrN3O6. The minimum atomic E-state index is -0.627. The van der Waals surface area contributed by atoms with E-state index in [1.165, 1.54) is 24.4 Å². The molecule has 0 bridgehead atoms. The SMILES string of the molecule is Cc1ccc(C(=O)Oc2ccc(Br)cc2C=NNC(=O)COc2ccccc2[N+](=O)[O-])cc1. The van der Waals surface area contributed by atoms with Crippen LogP contribution in [-0.4, -0.2) is 29.6 Å². The molecule has 10 heteroatoms. The number of ether oxygens (including phenoxy) is 2. The number of rotatable bonds is 8. The van der Waals surface area contributed by atoms with Crippen molar-refractivity contribution in [2.75, 3.05) is 6.61 Å². The van der Waals surface area contributed by atoms with E-state index in [4.69, 9.17) is 9.47 Å². The molecule has 3 aromatic rings. The van der Waals surface area contributed by atoms with Gasteiger partial charge in [0.15, 0.2) is 12.4 Å². The van der Waals surface area contributed by atoms with Crippen LogP contribution < -0.4 is 14.9 Å². The number of esters is 1. The van der Waals surface area contributed by atoms with Gasteiger partial charge in [0, 0.05) is 16.1 Å². The van der Waals surface area contributed by atoms with Crippen LogP contribution in [0.2, 0.25) is 0 Å². The van der Waals surface area contributed by atoms with Crippen molar-refractivity contribution in [2.45, 2.75) is 6.92 Å². The number of carbonyl (C=O) groups is 2. The predicted octanol–water partition coefficient (Wildman–Crippen LogP) is 4.41. The third kappa shape index (κ3) is 6.71. The predicted molar refractivity (Wildman–Crippen MR) is 125 cm³/mol. The van der Waals surface area contributed by atoms with E-state index in [0.717, 1.165) is 5.56 Å². The van der Waals surface area contributed by atoms with Crippen molar-refractivity contribution in [2.24, 2.45) is 5.10 Å². The fraction of sp³-hybridized carbons (Fsp3) is 0.0870. The van der Waals surface area contributed by atoms with Crippen LogP contribution in [0.25, 0.3) is 0 Å². The average molecular weight is 512 g/mol. The Bertz CT molecular complexity index is 1210. The quantitative estimate of drug-likeness (QED) is 0.157. The molecule has 0 saturated carbocycles. The van der Waals surface area contributed by atoms with Crippen LogP contribution in [0, 0.1) is 17.0 Å². The third-order valence-corrected chi connectivity index (χ3v) is 4.77. The minimum absolute atomic E-state index is 0.0288. The molecule has 0 aliphatic carbocycles. The number of nitrogens with zero attached hydrogens (tertiary/aromatic N) is 2. The largest absolute Gasteiger partial charge is 0.477 e. The maximum absolute atomic E-state index is 12.4. The molecule has 33 heavy (non-hydrogen) atoms. The zero-order chi connectivity index (χ0) is 23.8. The summed E-state index contributed by atoms with van der Waals surface area (Å²) in [5, 5.41) is 14.9. The molecule has 3 rings (SSSR count). The highest BCUT2D eigenvalue weighted by Crippen LogP contribution is 2.25. The van der Waals surface area contributed by atoms with Crippen molar-refractivity contribution in [3.05, 3.63) is 98.0 Å². The van der Waals surface area contributed by atoms with Gasteiger partial charge in [0.1, 0.15) is 5.75 Å². The van der Waals surface area contributed by atoms with Gasteiger partial charge < -0.3 is 9.47 Å². The van der Waals surface area contributed by atoms with Crippen molar-refractivity contribution < 1.29 is 24.0 Å². The Balaban J connectivity index is 1.63. The van der Waals surface area contributed by atoms with Crippen LogP contribution in [0.15, 0.2) is 76.3 Å². The average Bonchev–Trinajstić information content (AvgIpc) is 2.80. The van der Waals surface area contributed by atoms with Gasteiger partial charge >= 0.3 is 11.7 Å². The molecule has 0 aliphatic heterocycles. The molecule has 9 nitrogen and oxygen atoms in total. The molecule has 0 atom stereocenters. The lowest BCUT2D eigenvalue weighted by Gasteiger charge is -2.08. The zero-order valence-electron chi connectivity index (χ0n) is 17.4. The number of hydrazone groups is 1. The van der Waals surface area contributed by atoms with E-state index in [2.05, 4.69) is 26.5 Å². The molecular weight excluding hydrogens is 494 g/mol. The van der Waals surface area contributed by atoms with E-state index in [1.54, 1.807) is 36.4 Å². The maximum atomic E-state index is 12.4. The van der Waals surface area contributed by atoms with Crippen molar-refractivity contribution in [1.29, 1.82) is 0 Å². The summed E-state index contributed by atoms with van der Waals surface area (Å²) in [7, 11) is 0. The van der Waals surface area contributed by atoms with Gasteiger partial charge in [-0.25, -0.2) is 10.2 Å². The smallest absolute Gasteiger partial charge is 0.343 e. The third-order valence-electron chi connectivity index (χ3n) is 4.28. The normalized spacial score (nSPS) is 10.6. The van der Waals surface area contributed by atoms with Crippen molar-refractivity contribution in [1.82, 2.24) is 5.43 Å². The van der Waals surface area contributed by atoms with Gasteiger partial charge in [-0.15, -0.1) is 0 Å². The van der Waals surface area contributed by atoms with Crippen LogP contribution in [0.3, 0.4) is 0 Å². The van der Waals surface area contributed by atoms with E-state index in [-0.39, 0.29) is 17.2 Å². The standard InChI is InChI=1S/C23H18BrN3O6/c1-15-6-8-16(9-7-15)23(29)33-20-11-10-18(24)12-17(20)13-25-26-22(28)14-32-21-5-3-2-4-19(21)27(30)31/h2-13H,14H2,1H3,(H,26,28). The Labute approximate surface area is 197 Å². The van der Waals surface area contributed by atoms with Crippen LogP contribution in [0.4, 0.5) is 5.69 Å². The van der Waals surface area contributed by atoms with E-state index in [1.807, 2.05) is 19.1 Å². The topological polar surface area (TPSA) is 120 Å². The molecule has 0 heterocycles. The second-order valence-corrected chi connectivity index (χ2v) is 7.66. The molecule has 0 aromatic heterocycles. The Kier molecular flexibility index (Phi) is 7.87. The van der Waals surface area contributed by atoms with Gasteiger partial charge in [-0.1, -0.05) is 45.8 Å². The highest BCUT2D eigenvalue weighted by atomic mass is 79.9. The van der Waals surface area contributed by atoms with Crippen LogP contribution in [-0.2, 0) is 4.79 Å². The van der Waals surface area contributed by atoms with E-state index >= 15 is 0 Å². The first kappa shape index (κ1) is 23.6. The van der Waals surface area contributed by atoms with Crippen molar-refractivity contribution in [3.8, 4) is 11.5 Å². The van der Waals surface area contributed by atoms with E-state index in [9.17, 15) is 19.7 Å². The molecule has 0 saturated heterocycles. The lowest BCUT2D eigenvalue weighted by atomic mass is 10.1. The first-order valence-electron chi connectivity index (χ1n) is 9.60. The number of benzene rings is 3. The summed E-state index contributed by atoms with van der Waals surface area (Å²) in [6.07, 6.45) is 1.31. The second kappa shape index (κ2) is 11.0. The first-order chi connectivity index (χ1) is 15.8. The van der Waals surface area contributed by atoms with E-state index < -0.39 is 23.4 Å². The van der Waals surface area contributed by atoms with Gasteiger partial charge in [-0.3, -0.25) is 14.9 Å². The minimum Gasteiger partial charge on any atom is -0.477 e. The number of hydrogen-bond donors (Lipinski definition) is 1. The number of nitro groups is 1. The molecule has 0 fully saturated rings. The van der Waals surface area contributed by atoms with Gasteiger partial charge in [0.2, 0.25) is 0 Å². The molecule has 0 unspecified atom stereocenters. The Morgan fingerprint density at radius 3 is 2.55 bits per heavy atom. The highest BCUT2D eigenvalue weighted by molar-refractivity contribution is 9.10.